The number of nitrogens with zero attached hydrogens (tertiary/aromatic N) is 2. The monoisotopic (exact) mass is 588 g/mol. The lowest BCUT2D eigenvalue weighted by Gasteiger charge is -2.52. The second-order valence-electron chi connectivity index (χ2n) is 11.3. The number of rotatable bonds is 5. The Bertz CT molecular complexity index is 1670. The van der Waals surface area contributed by atoms with E-state index < -0.39 is 64.4 Å². The topological polar surface area (TPSA) is 180 Å². The van der Waals surface area contributed by atoms with Crippen molar-refractivity contribution in [3.8, 4) is 17.0 Å². The molecule has 2 aromatic carbocycles. The molecule has 0 saturated heterocycles. The number of thiazole rings is 1. The number of ketones is 4. The molecule has 216 valence electrons. The van der Waals surface area contributed by atoms with E-state index in [1.54, 1.807) is 26.2 Å². The summed E-state index contributed by atoms with van der Waals surface area (Å²) < 4.78 is 0. The van der Waals surface area contributed by atoms with Crippen molar-refractivity contribution in [1.82, 2.24) is 9.88 Å². The van der Waals surface area contributed by atoms with E-state index in [4.69, 9.17) is 5.73 Å². The molecule has 0 radical (unpaired) electrons. The number of aliphatic hydroxyl groups is 1. The molecule has 5 N–H and O–H groups in total. The number of anilines is 2. The molecule has 0 spiro atoms. The maximum atomic E-state index is 13.9. The molecule has 2 unspecified atom stereocenters. The maximum absolute atomic E-state index is 13.9. The summed E-state index contributed by atoms with van der Waals surface area (Å²) >= 11 is 1.31. The molecule has 3 aromatic rings. The van der Waals surface area contributed by atoms with Crippen molar-refractivity contribution in [3.63, 3.8) is 0 Å². The summed E-state index contributed by atoms with van der Waals surface area (Å²) in [7, 11) is 3.10. The summed E-state index contributed by atoms with van der Waals surface area (Å²) in [6, 6.07) is 11.7. The van der Waals surface area contributed by atoms with Gasteiger partial charge in [0.15, 0.2) is 39.8 Å². The number of phenols is 1. The zero-order chi connectivity index (χ0) is 30.1. The molecular weight excluding hydrogens is 560 g/mol. The molecule has 1 amide bonds. The average Bonchev–Trinajstić information content (AvgIpc) is 3.41. The van der Waals surface area contributed by atoms with E-state index in [0.29, 0.717) is 10.7 Å². The fourth-order valence-electron chi connectivity index (χ4n) is 6.87. The van der Waals surface area contributed by atoms with Crippen LogP contribution in [0.5, 0.6) is 5.75 Å². The minimum absolute atomic E-state index is 0.00599. The van der Waals surface area contributed by atoms with Crippen LogP contribution in [0.4, 0.5) is 10.8 Å². The largest absolute Gasteiger partial charge is 0.505 e. The summed E-state index contributed by atoms with van der Waals surface area (Å²) in [4.78, 5) is 72.5. The minimum Gasteiger partial charge on any atom is -0.505 e. The number of primary amides is 1. The van der Waals surface area contributed by atoms with Crippen LogP contribution in [0.3, 0.4) is 0 Å². The number of fused-ring (bicyclic) bond motifs is 3. The molecule has 0 aliphatic heterocycles. The van der Waals surface area contributed by atoms with Gasteiger partial charge in [0.1, 0.15) is 5.75 Å². The number of carbonyl (C=O) groups is 5. The number of carbonyl (C=O) groups excluding carboxylic acids is 5. The van der Waals surface area contributed by atoms with Crippen LogP contribution in [0.1, 0.15) is 22.3 Å². The van der Waals surface area contributed by atoms with E-state index >= 15 is 0 Å². The fraction of sp³-hybridized carbons (Fsp3) is 0.333. The Morgan fingerprint density at radius 2 is 1.81 bits per heavy atom. The van der Waals surface area contributed by atoms with Gasteiger partial charge >= 0.3 is 0 Å². The number of aromatic nitrogens is 1. The number of hydrogen-bond donors (Lipinski definition) is 4. The predicted octanol–water partition coefficient (Wildman–Crippen LogP) is 1.73. The molecule has 12 heteroatoms. The summed E-state index contributed by atoms with van der Waals surface area (Å²) in [5.74, 6) is -10.7. The molecule has 11 nitrogen and oxygen atoms in total. The van der Waals surface area contributed by atoms with Gasteiger partial charge in [0.2, 0.25) is 5.91 Å². The average molecular weight is 589 g/mol. The Balaban J connectivity index is 1.35. The Morgan fingerprint density at radius 3 is 2.48 bits per heavy atom. The molecule has 2 fully saturated rings. The van der Waals surface area contributed by atoms with Crippen molar-refractivity contribution < 1.29 is 34.2 Å². The quantitative estimate of drug-likeness (QED) is 0.253. The van der Waals surface area contributed by atoms with Gasteiger partial charge in [0, 0.05) is 16.9 Å². The molecular formula is C30H28N4O7S. The fourth-order valence-corrected chi connectivity index (χ4v) is 7.60. The van der Waals surface area contributed by atoms with Crippen LogP contribution in [0, 0.1) is 23.7 Å². The Labute approximate surface area is 244 Å². The van der Waals surface area contributed by atoms with E-state index in [-0.39, 0.29) is 29.8 Å². The van der Waals surface area contributed by atoms with Crippen molar-refractivity contribution in [1.29, 1.82) is 0 Å². The van der Waals surface area contributed by atoms with Gasteiger partial charge in [-0.2, -0.15) is 0 Å². The van der Waals surface area contributed by atoms with Crippen LogP contribution in [-0.2, 0) is 25.6 Å². The van der Waals surface area contributed by atoms with Crippen LogP contribution in [0.25, 0.3) is 11.3 Å². The molecule has 6 atom stereocenters. The maximum Gasteiger partial charge on any atom is 0.235 e. The van der Waals surface area contributed by atoms with Crippen LogP contribution < -0.4 is 11.1 Å². The van der Waals surface area contributed by atoms with E-state index in [9.17, 15) is 34.2 Å². The lowest BCUT2D eigenvalue weighted by Crippen LogP contribution is -2.74. The van der Waals surface area contributed by atoms with E-state index in [1.807, 2.05) is 35.7 Å². The van der Waals surface area contributed by atoms with Crippen LogP contribution in [-0.4, -0.2) is 74.9 Å². The van der Waals surface area contributed by atoms with Gasteiger partial charge in [0.25, 0.3) is 0 Å². The molecule has 1 aromatic heterocycles. The highest BCUT2D eigenvalue weighted by molar-refractivity contribution is 7.14. The molecule has 3 aliphatic rings. The third-order valence-corrected chi connectivity index (χ3v) is 9.51. The standard InChI is InChI=1S/C30H28N4O7S/c1-34(2)22-16-11-15-10-14-8-9-17(32-29-33-18(12-42-29)13-6-4-3-5-7-13)23(35)19(14)24(36)20(15)26(38)30(16,41)27(39)21(25(22)37)28(31)40/h3-9,12,15-16,20-22,35,41H,10-11H2,1-2H3,(H2,31,40)(H,32,33)/t15-,16-,20?,21?,22-,30-/m1/s1. The Morgan fingerprint density at radius 1 is 1.10 bits per heavy atom. The Kier molecular flexibility index (Phi) is 6.59. The number of likely N-dealkylation sites (N-methyl/N-ethyl adjacent to an activating group) is 1. The van der Waals surface area contributed by atoms with E-state index in [2.05, 4.69) is 10.3 Å². The molecule has 1 heterocycles. The van der Waals surface area contributed by atoms with Crippen molar-refractivity contribution in [3.05, 3.63) is 59.0 Å². The summed E-state index contributed by atoms with van der Waals surface area (Å²) in [6.45, 7) is 0. The zero-order valence-corrected chi connectivity index (χ0v) is 23.6. The molecule has 3 aliphatic carbocycles. The van der Waals surface area contributed by atoms with Gasteiger partial charge in [-0.1, -0.05) is 36.4 Å². The number of nitrogens with two attached hydrogens (primary N) is 1. The van der Waals surface area contributed by atoms with Crippen LogP contribution >= 0.6 is 11.3 Å². The number of nitrogens with one attached hydrogen (secondary N) is 1. The van der Waals surface area contributed by atoms with Gasteiger partial charge in [-0.05, 0) is 44.5 Å². The van der Waals surface area contributed by atoms with Crippen LogP contribution in [0.2, 0.25) is 0 Å². The zero-order valence-electron chi connectivity index (χ0n) is 22.7. The highest BCUT2D eigenvalue weighted by atomic mass is 32.1. The number of amides is 1. The number of aromatic hydroxyl groups is 1. The van der Waals surface area contributed by atoms with Gasteiger partial charge in [-0.3, -0.25) is 28.9 Å². The summed E-state index contributed by atoms with van der Waals surface area (Å²) in [6.07, 6.45) is 0.209. The second kappa shape index (κ2) is 9.93. The molecule has 0 bridgehead atoms. The minimum atomic E-state index is -2.75. The van der Waals surface area contributed by atoms with Crippen LogP contribution in [0.15, 0.2) is 47.8 Å². The third-order valence-electron chi connectivity index (χ3n) is 8.75. The van der Waals surface area contributed by atoms with Crippen molar-refractivity contribution >= 4 is 51.2 Å². The number of phenolic OH excluding ortho intramolecular Hbond substituents is 1. The number of hydrogen-bond acceptors (Lipinski definition) is 11. The highest BCUT2D eigenvalue weighted by Gasteiger charge is 2.69. The van der Waals surface area contributed by atoms with Gasteiger partial charge in [0.05, 0.1) is 28.9 Å². The smallest absolute Gasteiger partial charge is 0.235 e. The molecule has 42 heavy (non-hydrogen) atoms. The molecule has 6 rings (SSSR count). The van der Waals surface area contributed by atoms with E-state index in [0.717, 1.165) is 11.3 Å². The summed E-state index contributed by atoms with van der Waals surface area (Å²) in [5, 5.41) is 28.3. The SMILES string of the molecule is CN(C)[C@H]1C(=O)C(C(N)=O)C(=O)[C@]2(O)C(=O)C3C(=O)c4c(ccc(Nc5nc(-c6ccccc6)cs5)c4O)C[C@@H]3C[C@H]12. The Hall–Kier alpha value is -4.26. The lowest BCUT2D eigenvalue weighted by molar-refractivity contribution is -0.181. The predicted molar refractivity (Wildman–Crippen MR) is 152 cm³/mol. The van der Waals surface area contributed by atoms with Crippen molar-refractivity contribution in [2.45, 2.75) is 24.5 Å². The second-order valence-corrected chi connectivity index (χ2v) is 12.2. The molecule has 2 saturated carbocycles. The normalized spacial score (nSPS) is 28.7. The first kappa shape index (κ1) is 27.9. The first-order valence-corrected chi connectivity index (χ1v) is 14.3. The number of Topliss-reactive ketones (excluding diaryl/α,β-unsaturated/α-hetero) is 4. The third kappa shape index (κ3) is 4.01. The highest BCUT2D eigenvalue weighted by Crippen LogP contribution is 2.51. The van der Waals surface area contributed by atoms with Crippen molar-refractivity contribution in [2.75, 3.05) is 19.4 Å². The van der Waals surface area contributed by atoms with Gasteiger partial charge in [-0.25, -0.2) is 4.98 Å². The van der Waals surface area contributed by atoms with Gasteiger partial charge < -0.3 is 21.3 Å². The summed E-state index contributed by atoms with van der Waals surface area (Å²) in [5.41, 5.74) is 4.89. The van der Waals surface area contributed by atoms with E-state index in [1.165, 1.54) is 16.2 Å². The van der Waals surface area contributed by atoms with Gasteiger partial charge in [-0.15, -0.1) is 11.3 Å². The van der Waals surface area contributed by atoms with Crippen molar-refractivity contribution in [2.24, 2.45) is 29.4 Å². The lowest BCUT2D eigenvalue weighted by atomic mass is 9.52. The number of benzene rings is 2. The first-order chi connectivity index (χ1) is 19.9. The first-order valence-electron chi connectivity index (χ1n) is 13.4.